The van der Waals surface area contributed by atoms with E-state index in [0.29, 0.717) is 28.5 Å². The van der Waals surface area contributed by atoms with Gasteiger partial charge in [0, 0.05) is 45.8 Å². The summed E-state index contributed by atoms with van der Waals surface area (Å²) >= 11 is 6.15. The first kappa shape index (κ1) is 20.0. The molecule has 3 aromatic carbocycles. The van der Waals surface area contributed by atoms with Gasteiger partial charge >= 0.3 is 0 Å². The Balaban J connectivity index is 1.59. The van der Waals surface area contributed by atoms with Crippen molar-refractivity contribution in [1.29, 1.82) is 0 Å². The second-order valence-electron chi connectivity index (χ2n) is 7.39. The highest BCUT2D eigenvalue weighted by atomic mass is 35.5. The summed E-state index contributed by atoms with van der Waals surface area (Å²) < 4.78 is 0. The number of halogens is 1. The molecule has 5 rings (SSSR count). The summed E-state index contributed by atoms with van der Waals surface area (Å²) in [6, 6.07) is 24.8. The quantitative estimate of drug-likeness (QED) is 0.325. The van der Waals surface area contributed by atoms with Gasteiger partial charge in [-0.15, -0.1) is 0 Å². The normalized spacial score (nSPS) is 10.9. The Hall–Kier alpha value is -3.96. The van der Waals surface area contributed by atoms with E-state index < -0.39 is 0 Å². The second-order valence-corrected chi connectivity index (χ2v) is 7.82. The zero-order chi connectivity index (χ0) is 21.9. The molecule has 0 saturated carbocycles. The van der Waals surface area contributed by atoms with Crippen LogP contribution in [0.1, 0.15) is 15.9 Å². The number of rotatable bonds is 5. The third-order valence-electron chi connectivity index (χ3n) is 5.25. The first-order valence-electron chi connectivity index (χ1n) is 10.2. The fourth-order valence-electron chi connectivity index (χ4n) is 3.72. The smallest absolute Gasteiger partial charge is 0.253 e. The van der Waals surface area contributed by atoms with Gasteiger partial charge in [-0.2, -0.15) is 0 Å². The molecule has 0 bridgehead atoms. The van der Waals surface area contributed by atoms with Crippen LogP contribution in [0.4, 0.5) is 11.5 Å². The number of carbonyl (C=O) groups is 1. The van der Waals surface area contributed by atoms with E-state index in [1.165, 1.54) is 0 Å². The summed E-state index contributed by atoms with van der Waals surface area (Å²) in [5.74, 6) is 0.462. The molecule has 0 fully saturated rings. The Bertz CT molecular complexity index is 1440. The molecule has 156 valence electrons. The molecule has 5 nitrogen and oxygen atoms in total. The van der Waals surface area contributed by atoms with Crippen LogP contribution in [0.5, 0.6) is 0 Å². The average molecular weight is 439 g/mol. The number of aromatic nitrogens is 2. The molecule has 5 aromatic rings. The van der Waals surface area contributed by atoms with Crippen LogP contribution in [-0.2, 0) is 6.54 Å². The van der Waals surface area contributed by atoms with Crippen LogP contribution in [0.2, 0.25) is 5.02 Å². The maximum absolute atomic E-state index is 13.1. The first-order chi connectivity index (χ1) is 15.7. The van der Waals surface area contributed by atoms with Crippen molar-refractivity contribution >= 4 is 50.7 Å². The Morgan fingerprint density at radius 2 is 1.72 bits per heavy atom. The van der Waals surface area contributed by atoms with Crippen molar-refractivity contribution in [3.63, 3.8) is 0 Å². The Morgan fingerprint density at radius 3 is 2.56 bits per heavy atom. The Morgan fingerprint density at radius 1 is 0.875 bits per heavy atom. The monoisotopic (exact) mass is 438 g/mol. The van der Waals surface area contributed by atoms with E-state index in [4.69, 9.17) is 16.6 Å². The van der Waals surface area contributed by atoms with Crippen LogP contribution >= 0.6 is 11.6 Å². The number of para-hydroxylation sites is 1. The summed E-state index contributed by atoms with van der Waals surface area (Å²) in [7, 11) is 0. The predicted molar refractivity (Wildman–Crippen MR) is 129 cm³/mol. The van der Waals surface area contributed by atoms with Crippen LogP contribution in [0.3, 0.4) is 0 Å². The van der Waals surface area contributed by atoms with Gasteiger partial charge in [-0.25, -0.2) is 4.98 Å². The summed E-state index contributed by atoms with van der Waals surface area (Å²) in [6.45, 7) is 0.443. The molecule has 0 atom stereocenters. The fourth-order valence-corrected chi connectivity index (χ4v) is 3.91. The molecule has 0 saturated heterocycles. The highest BCUT2D eigenvalue weighted by molar-refractivity contribution is 6.30. The van der Waals surface area contributed by atoms with Crippen LogP contribution in [0, 0.1) is 0 Å². The third-order valence-corrected chi connectivity index (χ3v) is 5.49. The minimum Gasteiger partial charge on any atom is -0.348 e. The summed E-state index contributed by atoms with van der Waals surface area (Å²) in [5.41, 5.74) is 2.97. The van der Waals surface area contributed by atoms with Gasteiger partial charge in [-0.05, 0) is 35.9 Å². The average Bonchev–Trinajstić information content (AvgIpc) is 2.83. The molecule has 0 unspecified atom stereocenters. The number of nitrogens with zero attached hydrogens (tertiary/aromatic N) is 2. The largest absolute Gasteiger partial charge is 0.348 e. The highest BCUT2D eigenvalue weighted by Gasteiger charge is 2.16. The molecule has 0 aliphatic carbocycles. The molecule has 0 radical (unpaired) electrons. The lowest BCUT2D eigenvalue weighted by Gasteiger charge is -2.14. The Kier molecular flexibility index (Phi) is 5.40. The van der Waals surface area contributed by atoms with Crippen molar-refractivity contribution in [3.05, 3.63) is 107 Å². The number of carbonyl (C=O) groups excluding carboxylic acids is 1. The number of anilines is 2. The van der Waals surface area contributed by atoms with E-state index in [2.05, 4.69) is 15.6 Å². The molecule has 0 spiro atoms. The predicted octanol–water partition coefficient (Wildman–Crippen LogP) is 6.11. The molecule has 2 heterocycles. The van der Waals surface area contributed by atoms with Crippen molar-refractivity contribution in [2.45, 2.75) is 6.54 Å². The zero-order valence-electron chi connectivity index (χ0n) is 17.0. The van der Waals surface area contributed by atoms with Crippen molar-refractivity contribution in [3.8, 4) is 0 Å². The fraction of sp³-hybridized carbons (Fsp3) is 0.0385. The van der Waals surface area contributed by atoms with E-state index in [0.717, 1.165) is 27.4 Å². The number of fused-ring (bicyclic) bond motifs is 3. The SMILES string of the molecule is O=C(NCc1ccccc1)c1cccc2c1nc(Nc1cccc(Cl)c1)c1ccncc12. The van der Waals surface area contributed by atoms with Crippen molar-refractivity contribution in [2.75, 3.05) is 5.32 Å². The van der Waals surface area contributed by atoms with E-state index in [9.17, 15) is 4.79 Å². The summed E-state index contributed by atoms with van der Waals surface area (Å²) in [6.07, 6.45) is 3.53. The van der Waals surface area contributed by atoms with Crippen LogP contribution in [-0.4, -0.2) is 15.9 Å². The number of hydrogen-bond acceptors (Lipinski definition) is 4. The lowest BCUT2D eigenvalue weighted by Crippen LogP contribution is -2.23. The van der Waals surface area contributed by atoms with Gasteiger partial charge in [-0.3, -0.25) is 9.78 Å². The van der Waals surface area contributed by atoms with Gasteiger partial charge in [0.05, 0.1) is 11.1 Å². The summed E-state index contributed by atoms with van der Waals surface area (Å²) in [5, 5.41) is 9.68. The molecular weight excluding hydrogens is 420 g/mol. The summed E-state index contributed by atoms with van der Waals surface area (Å²) in [4.78, 5) is 22.2. The molecule has 0 aliphatic rings. The van der Waals surface area contributed by atoms with Gasteiger partial charge in [-0.1, -0.05) is 60.1 Å². The molecule has 2 aromatic heterocycles. The van der Waals surface area contributed by atoms with Crippen molar-refractivity contribution in [1.82, 2.24) is 15.3 Å². The van der Waals surface area contributed by atoms with E-state index in [-0.39, 0.29) is 5.91 Å². The van der Waals surface area contributed by atoms with Gasteiger partial charge in [0.25, 0.3) is 5.91 Å². The molecule has 2 N–H and O–H groups in total. The number of pyridine rings is 2. The van der Waals surface area contributed by atoms with Gasteiger partial charge in [0.2, 0.25) is 0 Å². The topological polar surface area (TPSA) is 66.9 Å². The van der Waals surface area contributed by atoms with Crippen molar-refractivity contribution in [2.24, 2.45) is 0 Å². The standard InChI is InChI=1S/C26H19ClN4O/c27-18-8-4-9-19(14-18)30-25-21-12-13-28-16-23(21)20-10-5-11-22(24(20)31-25)26(32)29-15-17-6-2-1-3-7-17/h1-14,16H,15H2,(H,29,32)(H,30,31). The lowest BCUT2D eigenvalue weighted by molar-refractivity contribution is 0.0952. The van der Waals surface area contributed by atoms with E-state index >= 15 is 0 Å². The number of nitrogens with one attached hydrogen (secondary N) is 2. The number of amides is 1. The molecule has 0 aliphatic heterocycles. The minimum absolute atomic E-state index is 0.177. The van der Waals surface area contributed by atoms with Crippen LogP contribution < -0.4 is 10.6 Å². The van der Waals surface area contributed by atoms with Crippen molar-refractivity contribution < 1.29 is 4.79 Å². The van der Waals surface area contributed by atoms with Gasteiger partial charge < -0.3 is 10.6 Å². The second kappa shape index (κ2) is 8.65. The molecule has 32 heavy (non-hydrogen) atoms. The number of benzene rings is 3. The first-order valence-corrected chi connectivity index (χ1v) is 10.6. The van der Waals surface area contributed by atoms with E-state index in [1.54, 1.807) is 18.5 Å². The van der Waals surface area contributed by atoms with Crippen LogP contribution in [0.25, 0.3) is 21.7 Å². The molecule has 1 amide bonds. The maximum atomic E-state index is 13.1. The third kappa shape index (κ3) is 3.98. The zero-order valence-corrected chi connectivity index (χ0v) is 17.8. The minimum atomic E-state index is -0.177. The number of hydrogen-bond donors (Lipinski definition) is 2. The molecular formula is C26H19ClN4O. The van der Waals surface area contributed by atoms with E-state index in [1.807, 2.05) is 72.8 Å². The van der Waals surface area contributed by atoms with Gasteiger partial charge in [0.15, 0.2) is 0 Å². The lowest BCUT2D eigenvalue weighted by atomic mass is 10.0. The Labute approximate surface area is 190 Å². The molecule has 6 heteroatoms. The maximum Gasteiger partial charge on any atom is 0.253 e. The van der Waals surface area contributed by atoms with Gasteiger partial charge in [0.1, 0.15) is 5.82 Å². The van der Waals surface area contributed by atoms with Crippen LogP contribution in [0.15, 0.2) is 91.3 Å². The highest BCUT2D eigenvalue weighted by Crippen LogP contribution is 2.32.